The van der Waals surface area contributed by atoms with E-state index >= 15 is 0 Å². The summed E-state index contributed by atoms with van der Waals surface area (Å²) in [6, 6.07) is 7.86. The van der Waals surface area contributed by atoms with Gasteiger partial charge in [-0.2, -0.15) is 4.57 Å². The fourth-order valence-electron chi connectivity index (χ4n) is 1.30. The largest absolute Gasteiger partial charge is 0.252 e. The van der Waals surface area contributed by atoms with Gasteiger partial charge in [0.25, 0.3) is 0 Å². The van der Waals surface area contributed by atoms with Crippen molar-refractivity contribution in [3.05, 3.63) is 59.6 Å². The Kier molecular flexibility index (Phi) is 2.75. The van der Waals surface area contributed by atoms with Crippen LogP contribution in [0.15, 0.2) is 49.1 Å². The molecular weight excluding hydrogens is 196 g/mol. The zero-order valence-electron chi connectivity index (χ0n) is 7.60. The average Bonchev–Trinajstić information content (AvgIpc) is 2.19. The second-order valence-corrected chi connectivity index (χ2v) is 3.48. The van der Waals surface area contributed by atoms with Crippen LogP contribution in [0, 0.1) is 0 Å². The van der Waals surface area contributed by atoms with E-state index in [-0.39, 0.29) is 0 Å². The average molecular weight is 206 g/mol. The van der Waals surface area contributed by atoms with Crippen LogP contribution in [-0.2, 0) is 6.54 Å². The molecule has 0 amide bonds. The predicted molar refractivity (Wildman–Crippen MR) is 55.0 cm³/mol. The van der Waals surface area contributed by atoms with Gasteiger partial charge in [-0.15, -0.1) is 0 Å². The maximum absolute atomic E-state index is 5.89. The molecule has 0 spiro atoms. The smallest absolute Gasteiger partial charge is 0.187 e. The molecule has 0 radical (unpaired) electrons. The highest BCUT2D eigenvalue weighted by atomic mass is 35.5. The minimum Gasteiger partial charge on any atom is -0.252 e. The molecule has 0 saturated carbocycles. The van der Waals surface area contributed by atoms with Gasteiger partial charge in [-0.25, -0.2) is 0 Å². The first kappa shape index (κ1) is 9.16. The Balaban J connectivity index is 2.19. The standard InChI is InChI=1S/C11H10ClN2/c12-11-3-1-2-10(8-11)9-14-6-4-13-5-7-14/h1-8H,9H2/q+1. The Morgan fingerprint density at radius 1 is 1.21 bits per heavy atom. The van der Waals surface area contributed by atoms with Crippen molar-refractivity contribution < 1.29 is 4.57 Å². The molecule has 0 bridgehead atoms. The summed E-state index contributed by atoms with van der Waals surface area (Å²) in [5.74, 6) is 0. The SMILES string of the molecule is Clc1cccc(C[n+]2ccncc2)c1. The second-order valence-electron chi connectivity index (χ2n) is 3.05. The van der Waals surface area contributed by atoms with E-state index in [4.69, 9.17) is 11.6 Å². The van der Waals surface area contributed by atoms with Gasteiger partial charge in [0, 0.05) is 10.6 Å². The summed E-state index contributed by atoms with van der Waals surface area (Å²) < 4.78 is 2.05. The van der Waals surface area contributed by atoms with Crippen LogP contribution >= 0.6 is 11.6 Å². The van der Waals surface area contributed by atoms with Gasteiger partial charge >= 0.3 is 0 Å². The first-order valence-corrected chi connectivity index (χ1v) is 4.76. The zero-order valence-corrected chi connectivity index (χ0v) is 8.35. The van der Waals surface area contributed by atoms with Gasteiger partial charge in [0.05, 0.1) is 12.4 Å². The lowest BCUT2D eigenvalue weighted by Gasteiger charge is -1.97. The molecular formula is C11H10ClN2+. The van der Waals surface area contributed by atoms with Crippen molar-refractivity contribution in [1.29, 1.82) is 0 Å². The van der Waals surface area contributed by atoms with Crippen LogP contribution in [0.25, 0.3) is 0 Å². The number of nitrogens with zero attached hydrogens (tertiary/aromatic N) is 2. The van der Waals surface area contributed by atoms with Gasteiger partial charge in [0.15, 0.2) is 18.9 Å². The molecule has 0 N–H and O–H groups in total. The summed E-state index contributed by atoms with van der Waals surface area (Å²) in [5, 5.41) is 0.775. The van der Waals surface area contributed by atoms with Crippen LogP contribution in [0.2, 0.25) is 5.02 Å². The quantitative estimate of drug-likeness (QED) is 0.686. The van der Waals surface area contributed by atoms with E-state index < -0.39 is 0 Å². The van der Waals surface area contributed by atoms with Gasteiger partial charge in [-0.3, -0.25) is 4.98 Å². The third-order valence-corrected chi connectivity index (χ3v) is 2.18. The summed E-state index contributed by atoms with van der Waals surface area (Å²) in [6.07, 6.45) is 7.40. The van der Waals surface area contributed by atoms with E-state index in [0.29, 0.717) is 0 Å². The third-order valence-electron chi connectivity index (χ3n) is 1.94. The summed E-state index contributed by atoms with van der Waals surface area (Å²) in [6.45, 7) is 0.822. The van der Waals surface area contributed by atoms with Crippen LogP contribution in [0.4, 0.5) is 0 Å². The lowest BCUT2D eigenvalue weighted by atomic mass is 10.2. The molecule has 0 saturated heterocycles. The highest BCUT2D eigenvalue weighted by Crippen LogP contribution is 2.09. The summed E-state index contributed by atoms with van der Waals surface area (Å²) in [4.78, 5) is 3.96. The number of rotatable bonds is 2. The van der Waals surface area contributed by atoms with Crippen molar-refractivity contribution in [1.82, 2.24) is 4.98 Å². The minimum absolute atomic E-state index is 0.775. The molecule has 0 aliphatic heterocycles. The molecule has 0 aliphatic carbocycles. The number of aromatic nitrogens is 2. The van der Waals surface area contributed by atoms with E-state index in [2.05, 4.69) is 15.6 Å². The van der Waals surface area contributed by atoms with Crippen LogP contribution in [0.1, 0.15) is 5.56 Å². The molecule has 3 heteroatoms. The van der Waals surface area contributed by atoms with Crippen molar-refractivity contribution >= 4 is 11.6 Å². The molecule has 70 valence electrons. The molecule has 0 fully saturated rings. The monoisotopic (exact) mass is 205 g/mol. The van der Waals surface area contributed by atoms with Crippen molar-refractivity contribution in [3.8, 4) is 0 Å². The first-order chi connectivity index (χ1) is 6.84. The molecule has 0 aliphatic rings. The fourth-order valence-corrected chi connectivity index (χ4v) is 1.51. The Morgan fingerprint density at radius 3 is 2.71 bits per heavy atom. The zero-order chi connectivity index (χ0) is 9.80. The molecule has 1 aromatic carbocycles. The molecule has 2 aromatic rings. The number of hydrogen-bond donors (Lipinski definition) is 0. The molecule has 0 unspecified atom stereocenters. The maximum atomic E-state index is 5.89. The summed E-state index contributed by atoms with van der Waals surface area (Å²) >= 11 is 5.89. The van der Waals surface area contributed by atoms with Crippen LogP contribution in [-0.4, -0.2) is 4.98 Å². The molecule has 1 aromatic heterocycles. The predicted octanol–water partition coefficient (Wildman–Crippen LogP) is 2.07. The minimum atomic E-state index is 0.775. The van der Waals surface area contributed by atoms with E-state index in [0.717, 1.165) is 11.6 Å². The molecule has 2 rings (SSSR count). The normalized spacial score (nSPS) is 10.1. The summed E-state index contributed by atoms with van der Waals surface area (Å²) in [5.41, 5.74) is 1.19. The van der Waals surface area contributed by atoms with Gasteiger partial charge in [-0.1, -0.05) is 23.7 Å². The van der Waals surface area contributed by atoms with E-state index in [1.807, 2.05) is 30.6 Å². The Bertz CT molecular complexity index is 415. The third kappa shape index (κ3) is 2.30. The number of hydrogen-bond acceptors (Lipinski definition) is 1. The molecule has 0 atom stereocenters. The van der Waals surface area contributed by atoms with Crippen molar-refractivity contribution in [3.63, 3.8) is 0 Å². The van der Waals surface area contributed by atoms with Crippen LogP contribution in [0.3, 0.4) is 0 Å². The van der Waals surface area contributed by atoms with Gasteiger partial charge < -0.3 is 0 Å². The van der Waals surface area contributed by atoms with E-state index in [1.165, 1.54) is 5.56 Å². The highest BCUT2D eigenvalue weighted by Gasteiger charge is 2.01. The van der Waals surface area contributed by atoms with E-state index in [9.17, 15) is 0 Å². The number of halogens is 1. The van der Waals surface area contributed by atoms with E-state index in [1.54, 1.807) is 12.4 Å². The first-order valence-electron chi connectivity index (χ1n) is 4.38. The highest BCUT2D eigenvalue weighted by molar-refractivity contribution is 6.30. The fraction of sp³-hybridized carbons (Fsp3) is 0.0909. The lowest BCUT2D eigenvalue weighted by molar-refractivity contribution is -0.688. The van der Waals surface area contributed by atoms with Crippen LogP contribution < -0.4 is 4.57 Å². The Morgan fingerprint density at radius 2 is 2.00 bits per heavy atom. The summed E-state index contributed by atoms with van der Waals surface area (Å²) in [7, 11) is 0. The molecule has 2 nitrogen and oxygen atoms in total. The van der Waals surface area contributed by atoms with Crippen molar-refractivity contribution in [2.24, 2.45) is 0 Å². The maximum Gasteiger partial charge on any atom is 0.187 e. The Hall–Kier alpha value is -1.41. The molecule has 14 heavy (non-hydrogen) atoms. The molecule has 1 heterocycles. The van der Waals surface area contributed by atoms with Crippen LogP contribution in [0.5, 0.6) is 0 Å². The topological polar surface area (TPSA) is 16.8 Å². The van der Waals surface area contributed by atoms with Gasteiger partial charge in [0.1, 0.15) is 0 Å². The van der Waals surface area contributed by atoms with Gasteiger partial charge in [-0.05, 0) is 12.1 Å². The van der Waals surface area contributed by atoms with Crippen molar-refractivity contribution in [2.45, 2.75) is 6.54 Å². The lowest BCUT2D eigenvalue weighted by Crippen LogP contribution is -2.33. The number of benzene rings is 1. The Labute approximate surface area is 87.8 Å². The van der Waals surface area contributed by atoms with Crippen molar-refractivity contribution in [2.75, 3.05) is 0 Å². The van der Waals surface area contributed by atoms with Gasteiger partial charge in [0.2, 0.25) is 0 Å². The second kappa shape index (κ2) is 4.20.